The number of aliphatic hydroxyl groups excluding tert-OH is 1. The highest BCUT2D eigenvalue weighted by atomic mass is 32.2. The molecule has 0 aliphatic rings. The lowest BCUT2D eigenvalue weighted by Crippen LogP contribution is -2.15. The van der Waals surface area contributed by atoms with Gasteiger partial charge in [0.15, 0.2) is 9.84 Å². The van der Waals surface area contributed by atoms with Gasteiger partial charge in [0.2, 0.25) is 0 Å². The minimum Gasteiger partial charge on any atom is -0.387 e. The van der Waals surface area contributed by atoms with Crippen LogP contribution in [-0.2, 0) is 9.84 Å². The van der Waals surface area contributed by atoms with E-state index in [9.17, 15) is 13.5 Å². The van der Waals surface area contributed by atoms with Crippen LogP contribution in [0.4, 0.5) is 0 Å². The molecular formula is C11H17NO3S. The van der Waals surface area contributed by atoms with Gasteiger partial charge in [0.05, 0.1) is 16.2 Å². The van der Waals surface area contributed by atoms with Crippen molar-refractivity contribution in [1.29, 1.82) is 0 Å². The van der Waals surface area contributed by atoms with Gasteiger partial charge >= 0.3 is 0 Å². The molecule has 0 saturated carbocycles. The van der Waals surface area contributed by atoms with E-state index >= 15 is 0 Å². The molecule has 0 saturated heterocycles. The molecule has 1 atom stereocenters. The van der Waals surface area contributed by atoms with Crippen LogP contribution in [0.15, 0.2) is 29.2 Å². The molecule has 0 radical (unpaired) electrons. The van der Waals surface area contributed by atoms with Crippen LogP contribution in [0.1, 0.15) is 25.5 Å². The minimum absolute atomic E-state index is 0.121. The zero-order valence-corrected chi connectivity index (χ0v) is 10.2. The van der Waals surface area contributed by atoms with Gasteiger partial charge in [-0.25, -0.2) is 8.42 Å². The normalized spacial score (nSPS) is 14.1. The number of rotatable bonds is 4. The third-order valence-corrected chi connectivity index (χ3v) is 4.61. The van der Waals surface area contributed by atoms with E-state index in [1.807, 2.05) is 0 Å². The maximum absolute atomic E-state index is 11.8. The molecule has 1 unspecified atom stereocenters. The average Bonchev–Trinajstić information content (AvgIpc) is 2.28. The topological polar surface area (TPSA) is 80.4 Å². The molecule has 0 heterocycles. The Labute approximate surface area is 96.0 Å². The first-order chi connectivity index (χ1) is 7.39. The van der Waals surface area contributed by atoms with Gasteiger partial charge in [-0.05, 0) is 31.5 Å². The second-order valence-electron chi connectivity index (χ2n) is 3.91. The second kappa shape index (κ2) is 4.95. The molecule has 0 amide bonds. The van der Waals surface area contributed by atoms with Gasteiger partial charge in [-0.1, -0.05) is 12.1 Å². The van der Waals surface area contributed by atoms with Crippen molar-refractivity contribution in [3.8, 4) is 0 Å². The molecule has 3 N–H and O–H groups in total. The van der Waals surface area contributed by atoms with Crippen molar-refractivity contribution in [1.82, 2.24) is 0 Å². The molecule has 0 spiro atoms. The Morgan fingerprint density at radius 2 is 1.75 bits per heavy atom. The van der Waals surface area contributed by atoms with Gasteiger partial charge in [-0.3, -0.25) is 0 Å². The van der Waals surface area contributed by atoms with Crippen LogP contribution in [0.5, 0.6) is 0 Å². The Balaban J connectivity index is 3.05. The van der Waals surface area contributed by atoms with Gasteiger partial charge in [-0.2, -0.15) is 0 Å². The van der Waals surface area contributed by atoms with Crippen LogP contribution in [-0.4, -0.2) is 25.3 Å². The van der Waals surface area contributed by atoms with E-state index in [0.29, 0.717) is 5.56 Å². The highest BCUT2D eigenvalue weighted by molar-refractivity contribution is 7.92. The van der Waals surface area contributed by atoms with Crippen molar-refractivity contribution in [3.63, 3.8) is 0 Å². The summed E-state index contributed by atoms with van der Waals surface area (Å²) in [5.41, 5.74) is 5.94. The predicted molar refractivity (Wildman–Crippen MR) is 62.8 cm³/mol. The SMILES string of the molecule is CC(C)S(=O)(=O)c1ccc(C(O)CN)cc1. The van der Waals surface area contributed by atoms with Crippen LogP contribution in [0.2, 0.25) is 0 Å². The summed E-state index contributed by atoms with van der Waals surface area (Å²) in [6.45, 7) is 3.40. The van der Waals surface area contributed by atoms with Gasteiger partial charge in [0.25, 0.3) is 0 Å². The van der Waals surface area contributed by atoms with E-state index in [4.69, 9.17) is 5.73 Å². The maximum atomic E-state index is 11.8. The minimum atomic E-state index is -3.24. The third-order valence-electron chi connectivity index (χ3n) is 2.44. The van der Waals surface area contributed by atoms with Crippen molar-refractivity contribution in [3.05, 3.63) is 29.8 Å². The molecule has 16 heavy (non-hydrogen) atoms. The first-order valence-corrected chi connectivity index (χ1v) is 6.66. The molecule has 0 aliphatic carbocycles. The van der Waals surface area contributed by atoms with E-state index in [1.165, 1.54) is 12.1 Å². The molecule has 4 nitrogen and oxygen atoms in total. The lowest BCUT2D eigenvalue weighted by atomic mass is 10.1. The van der Waals surface area contributed by atoms with E-state index in [2.05, 4.69) is 0 Å². The largest absolute Gasteiger partial charge is 0.387 e. The summed E-state index contributed by atoms with van der Waals surface area (Å²) in [6.07, 6.45) is -0.740. The van der Waals surface area contributed by atoms with Gasteiger partial charge in [-0.15, -0.1) is 0 Å². The lowest BCUT2D eigenvalue weighted by Gasteiger charge is -2.10. The standard InChI is InChI=1S/C11H17NO3S/c1-8(2)16(14,15)10-5-3-9(4-6-10)11(13)7-12/h3-6,8,11,13H,7,12H2,1-2H3. The van der Waals surface area contributed by atoms with Crippen LogP contribution in [0, 0.1) is 0 Å². The fourth-order valence-corrected chi connectivity index (χ4v) is 2.35. The van der Waals surface area contributed by atoms with Crippen molar-refractivity contribution >= 4 is 9.84 Å². The third kappa shape index (κ3) is 2.61. The Morgan fingerprint density at radius 1 is 1.25 bits per heavy atom. The molecule has 1 aromatic carbocycles. The van der Waals surface area contributed by atoms with Gasteiger partial charge < -0.3 is 10.8 Å². The molecule has 90 valence electrons. The van der Waals surface area contributed by atoms with Crippen molar-refractivity contribution < 1.29 is 13.5 Å². The number of aliphatic hydroxyl groups is 1. The number of hydrogen-bond donors (Lipinski definition) is 2. The Bertz CT molecular complexity index is 437. The molecule has 0 bridgehead atoms. The summed E-state index contributed by atoms with van der Waals surface area (Å²) in [5.74, 6) is 0. The van der Waals surface area contributed by atoms with Crippen molar-refractivity contribution in [2.24, 2.45) is 5.73 Å². The molecule has 0 aromatic heterocycles. The van der Waals surface area contributed by atoms with Gasteiger partial charge in [0, 0.05) is 6.54 Å². The van der Waals surface area contributed by atoms with Crippen LogP contribution in [0.3, 0.4) is 0 Å². The summed E-state index contributed by atoms with van der Waals surface area (Å²) in [4.78, 5) is 0.274. The molecule has 5 heteroatoms. The summed E-state index contributed by atoms with van der Waals surface area (Å²) in [6, 6.07) is 6.19. The summed E-state index contributed by atoms with van der Waals surface area (Å²) in [7, 11) is -3.24. The second-order valence-corrected chi connectivity index (χ2v) is 6.42. The first kappa shape index (κ1) is 13.2. The molecular weight excluding hydrogens is 226 g/mol. The number of nitrogens with two attached hydrogens (primary N) is 1. The zero-order chi connectivity index (χ0) is 12.3. The molecule has 1 rings (SSSR count). The van der Waals surface area contributed by atoms with E-state index in [1.54, 1.807) is 26.0 Å². The fraction of sp³-hybridized carbons (Fsp3) is 0.455. The predicted octanol–water partition coefficient (Wildman–Crippen LogP) is 0.861. The van der Waals surface area contributed by atoms with Crippen LogP contribution >= 0.6 is 0 Å². The smallest absolute Gasteiger partial charge is 0.180 e. The molecule has 0 aliphatic heterocycles. The maximum Gasteiger partial charge on any atom is 0.180 e. The number of hydrogen-bond acceptors (Lipinski definition) is 4. The first-order valence-electron chi connectivity index (χ1n) is 5.11. The van der Waals surface area contributed by atoms with Crippen LogP contribution < -0.4 is 5.73 Å². The Kier molecular flexibility index (Phi) is 4.07. The fourth-order valence-electron chi connectivity index (χ4n) is 1.29. The van der Waals surface area contributed by atoms with E-state index in [-0.39, 0.29) is 11.4 Å². The van der Waals surface area contributed by atoms with E-state index in [0.717, 1.165) is 0 Å². The summed E-state index contributed by atoms with van der Waals surface area (Å²) < 4.78 is 23.6. The summed E-state index contributed by atoms with van der Waals surface area (Å²) in [5, 5.41) is 9.01. The average molecular weight is 243 g/mol. The van der Waals surface area contributed by atoms with E-state index < -0.39 is 21.2 Å². The highest BCUT2D eigenvalue weighted by Gasteiger charge is 2.19. The molecule has 1 aromatic rings. The molecule has 0 fully saturated rings. The van der Waals surface area contributed by atoms with Crippen molar-refractivity contribution in [2.45, 2.75) is 30.1 Å². The highest BCUT2D eigenvalue weighted by Crippen LogP contribution is 2.19. The number of sulfone groups is 1. The Hall–Kier alpha value is -0.910. The Morgan fingerprint density at radius 3 is 2.12 bits per heavy atom. The summed E-state index contributed by atoms with van der Waals surface area (Å²) >= 11 is 0. The number of benzene rings is 1. The zero-order valence-electron chi connectivity index (χ0n) is 9.42. The lowest BCUT2D eigenvalue weighted by molar-refractivity contribution is 0.186. The monoisotopic (exact) mass is 243 g/mol. The van der Waals surface area contributed by atoms with Crippen LogP contribution in [0.25, 0.3) is 0 Å². The quantitative estimate of drug-likeness (QED) is 0.822. The van der Waals surface area contributed by atoms with Crippen molar-refractivity contribution in [2.75, 3.05) is 6.54 Å². The van der Waals surface area contributed by atoms with Gasteiger partial charge in [0.1, 0.15) is 0 Å².